The number of nitrogens with one attached hydrogen (secondary N) is 2. The van der Waals surface area contributed by atoms with Crippen molar-refractivity contribution in [3.63, 3.8) is 0 Å². The standard InChI is InChI=1S/C29H29F4N3O7S/c1-43-23-13-22(30)20(15-4-6-16(7-5-15)28(39)40)12-21(23)26(37)35-25-18-9-8-17(11-18)24(25)27(38)34-19-3-2-10-36(14-19)44(41,42)29(31,32)33/h4-9,12-13,17-19,24-25H,2-3,10-11,14H2,1H3,(H,34,38)(H,35,37)(H,39,40). The van der Waals surface area contributed by atoms with Crippen molar-refractivity contribution in [2.24, 2.45) is 17.8 Å². The number of methoxy groups -OCH3 is 1. The third-order valence-electron chi connectivity index (χ3n) is 8.40. The van der Waals surface area contributed by atoms with Crippen LogP contribution in [0.1, 0.15) is 40.0 Å². The molecule has 5 atom stereocenters. The molecule has 2 aliphatic carbocycles. The van der Waals surface area contributed by atoms with E-state index < -0.39 is 63.7 Å². The van der Waals surface area contributed by atoms with Crippen molar-refractivity contribution in [1.82, 2.24) is 14.9 Å². The number of carbonyl (C=O) groups is 3. The maximum atomic E-state index is 15.0. The number of carboxylic acid groups (broad SMARTS) is 1. The highest BCUT2D eigenvalue weighted by molar-refractivity contribution is 7.90. The van der Waals surface area contributed by atoms with Crippen molar-refractivity contribution in [3.8, 4) is 16.9 Å². The summed E-state index contributed by atoms with van der Waals surface area (Å²) < 4.78 is 83.7. The summed E-state index contributed by atoms with van der Waals surface area (Å²) in [5.41, 5.74) is -5.15. The fourth-order valence-corrected chi connectivity index (χ4v) is 7.28. The smallest absolute Gasteiger partial charge is 0.496 e. The minimum Gasteiger partial charge on any atom is -0.496 e. The number of aromatic carboxylic acids is 1. The second kappa shape index (κ2) is 11.8. The Kier molecular flexibility index (Phi) is 8.46. The first kappa shape index (κ1) is 31.4. The van der Waals surface area contributed by atoms with Gasteiger partial charge in [0.2, 0.25) is 5.91 Å². The van der Waals surface area contributed by atoms with Crippen molar-refractivity contribution in [2.45, 2.75) is 36.9 Å². The van der Waals surface area contributed by atoms with Gasteiger partial charge in [0.15, 0.2) is 0 Å². The number of carbonyl (C=O) groups excluding carboxylic acids is 2. The first-order valence-electron chi connectivity index (χ1n) is 13.8. The summed E-state index contributed by atoms with van der Waals surface area (Å²) in [7, 11) is -4.28. The summed E-state index contributed by atoms with van der Waals surface area (Å²) in [4.78, 5) is 38.2. The van der Waals surface area contributed by atoms with Crippen molar-refractivity contribution in [2.75, 3.05) is 20.2 Å². The van der Waals surface area contributed by atoms with Gasteiger partial charge in [0, 0.05) is 36.8 Å². The second-order valence-corrected chi connectivity index (χ2v) is 13.0. The van der Waals surface area contributed by atoms with Crippen LogP contribution in [0.25, 0.3) is 11.1 Å². The Morgan fingerprint density at radius 3 is 2.36 bits per heavy atom. The maximum Gasteiger partial charge on any atom is 0.511 e. The van der Waals surface area contributed by atoms with Crippen LogP contribution in [-0.2, 0) is 14.8 Å². The van der Waals surface area contributed by atoms with Gasteiger partial charge < -0.3 is 20.5 Å². The van der Waals surface area contributed by atoms with Gasteiger partial charge >= 0.3 is 21.5 Å². The van der Waals surface area contributed by atoms with Gasteiger partial charge in [-0.05, 0) is 54.9 Å². The van der Waals surface area contributed by atoms with E-state index >= 15 is 4.39 Å². The molecule has 1 saturated heterocycles. The van der Waals surface area contributed by atoms with Gasteiger partial charge in [-0.2, -0.15) is 17.5 Å². The molecule has 1 saturated carbocycles. The molecule has 0 aromatic heterocycles. The van der Waals surface area contributed by atoms with Crippen LogP contribution in [0.2, 0.25) is 0 Å². The molecule has 0 spiro atoms. The lowest BCUT2D eigenvalue weighted by atomic mass is 9.87. The highest BCUT2D eigenvalue weighted by atomic mass is 32.2. The highest BCUT2D eigenvalue weighted by Gasteiger charge is 2.52. The average molecular weight is 640 g/mol. The van der Waals surface area contributed by atoms with Gasteiger partial charge in [-0.1, -0.05) is 24.3 Å². The number of piperidine rings is 1. The number of alkyl halides is 3. The van der Waals surface area contributed by atoms with E-state index in [1.807, 2.05) is 12.2 Å². The number of carboxylic acids is 1. The van der Waals surface area contributed by atoms with Gasteiger partial charge in [-0.3, -0.25) is 9.59 Å². The van der Waals surface area contributed by atoms with E-state index in [0.29, 0.717) is 16.3 Å². The summed E-state index contributed by atoms with van der Waals surface area (Å²) in [6.45, 7) is -0.834. The fourth-order valence-electron chi connectivity index (χ4n) is 6.24. The van der Waals surface area contributed by atoms with E-state index in [1.54, 1.807) is 0 Å². The molecule has 2 fully saturated rings. The molecule has 10 nitrogen and oxygen atoms in total. The molecular weight excluding hydrogens is 610 g/mol. The van der Waals surface area contributed by atoms with Gasteiger partial charge in [0.1, 0.15) is 11.6 Å². The number of rotatable bonds is 8. The normalized spacial score (nSPS) is 25.1. The molecule has 2 aromatic carbocycles. The van der Waals surface area contributed by atoms with Crippen molar-refractivity contribution in [1.29, 1.82) is 0 Å². The Balaban J connectivity index is 1.34. The zero-order valence-corrected chi connectivity index (χ0v) is 24.1. The second-order valence-electron chi connectivity index (χ2n) is 11.0. The number of benzene rings is 2. The SMILES string of the molecule is COc1cc(F)c(-c2ccc(C(=O)O)cc2)cc1C(=O)NC1C2C=CC(C2)C1C(=O)NC1CCCN(S(=O)(=O)C(F)(F)F)C1. The van der Waals surface area contributed by atoms with E-state index in [2.05, 4.69) is 10.6 Å². The van der Waals surface area contributed by atoms with Crippen LogP contribution in [0.3, 0.4) is 0 Å². The lowest BCUT2D eigenvalue weighted by Crippen LogP contribution is -2.55. The van der Waals surface area contributed by atoms with E-state index in [-0.39, 0.29) is 53.7 Å². The van der Waals surface area contributed by atoms with Crippen LogP contribution in [0.4, 0.5) is 17.6 Å². The number of allylic oxidation sites excluding steroid dienone is 1. The van der Waals surface area contributed by atoms with Crippen molar-refractivity contribution in [3.05, 3.63) is 65.5 Å². The van der Waals surface area contributed by atoms with Crippen molar-refractivity contribution < 1.29 is 50.2 Å². The van der Waals surface area contributed by atoms with Gasteiger partial charge in [0.25, 0.3) is 5.91 Å². The van der Waals surface area contributed by atoms with Gasteiger partial charge in [-0.25, -0.2) is 17.6 Å². The molecule has 5 unspecified atom stereocenters. The van der Waals surface area contributed by atoms with Crippen LogP contribution >= 0.6 is 0 Å². The summed E-state index contributed by atoms with van der Waals surface area (Å²) in [5, 5.41) is 14.7. The molecule has 236 valence electrons. The topological polar surface area (TPSA) is 142 Å². The monoisotopic (exact) mass is 639 g/mol. The summed E-state index contributed by atoms with van der Waals surface area (Å²) >= 11 is 0. The maximum absolute atomic E-state index is 15.0. The third kappa shape index (κ3) is 5.89. The van der Waals surface area contributed by atoms with E-state index in [4.69, 9.17) is 9.84 Å². The van der Waals surface area contributed by atoms with Crippen LogP contribution in [0, 0.1) is 23.6 Å². The van der Waals surface area contributed by atoms with Crippen LogP contribution in [-0.4, -0.2) is 73.4 Å². The Labute approximate surface area is 250 Å². The predicted molar refractivity (Wildman–Crippen MR) is 149 cm³/mol. The average Bonchev–Trinajstić information content (AvgIpc) is 3.58. The number of halogens is 4. The number of ether oxygens (including phenoxy) is 1. The minimum absolute atomic E-state index is 0.00259. The number of nitrogens with zero attached hydrogens (tertiary/aromatic N) is 1. The molecule has 44 heavy (non-hydrogen) atoms. The largest absolute Gasteiger partial charge is 0.511 e. The molecule has 1 heterocycles. The number of fused-ring (bicyclic) bond motifs is 2. The van der Waals surface area contributed by atoms with Gasteiger partial charge in [-0.15, -0.1) is 0 Å². The summed E-state index contributed by atoms with van der Waals surface area (Å²) in [5.74, 6) is -4.38. The molecule has 2 bridgehead atoms. The lowest BCUT2D eigenvalue weighted by molar-refractivity contribution is -0.127. The Hall–Kier alpha value is -3.98. The van der Waals surface area contributed by atoms with E-state index in [1.165, 1.54) is 37.4 Å². The van der Waals surface area contributed by atoms with Crippen LogP contribution < -0.4 is 15.4 Å². The predicted octanol–water partition coefficient (Wildman–Crippen LogP) is 3.55. The molecule has 15 heteroatoms. The van der Waals surface area contributed by atoms with E-state index in [9.17, 15) is 36.0 Å². The molecule has 3 aliphatic rings. The molecule has 1 aliphatic heterocycles. The number of hydrogen-bond donors (Lipinski definition) is 3. The zero-order valence-electron chi connectivity index (χ0n) is 23.3. The molecule has 5 rings (SSSR count). The quantitative estimate of drug-likeness (QED) is 0.296. The molecule has 3 N–H and O–H groups in total. The first-order valence-corrected chi connectivity index (χ1v) is 15.2. The van der Waals surface area contributed by atoms with Crippen LogP contribution in [0.15, 0.2) is 48.6 Å². The minimum atomic E-state index is -5.54. The summed E-state index contributed by atoms with van der Waals surface area (Å²) in [6, 6.07) is 6.17. The first-order chi connectivity index (χ1) is 20.7. The number of hydrogen-bond acceptors (Lipinski definition) is 6. The molecule has 2 aromatic rings. The Bertz CT molecular complexity index is 1610. The number of sulfonamides is 1. The molecule has 2 amide bonds. The number of amides is 2. The highest BCUT2D eigenvalue weighted by Crippen LogP contribution is 2.44. The van der Waals surface area contributed by atoms with E-state index in [0.717, 1.165) is 6.07 Å². The van der Waals surface area contributed by atoms with Gasteiger partial charge in [0.05, 0.1) is 24.2 Å². The fraction of sp³-hybridized carbons (Fsp3) is 0.414. The van der Waals surface area contributed by atoms with Crippen molar-refractivity contribution >= 4 is 27.8 Å². The molecule has 0 radical (unpaired) electrons. The molecular formula is C29H29F4N3O7S. The Morgan fingerprint density at radius 2 is 1.73 bits per heavy atom. The Morgan fingerprint density at radius 1 is 1.05 bits per heavy atom. The third-order valence-corrected chi connectivity index (χ3v) is 10.00. The van der Waals surface area contributed by atoms with Crippen LogP contribution in [0.5, 0.6) is 5.75 Å². The lowest BCUT2D eigenvalue weighted by Gasteiger charge is -2.34. The summed E-state index contributed by atoms with van der Waals surface area (Å²) in [6.07, 6.45) is 4.67. The zero-order chi connectivity index (χ0) is 32.0.